The molecule has 1 heterocycles. The van der Waals surface area contributed by atoms with Crippen LogP contribution in [0.15, 0.2) is 11.8 Å². The number of esters is 4. The van der Waals surface area contributed by atoms with E-state index in [0.717, 1.165) is 64.9 Å². The number of aliphatic hydroxyl groups excluding tert-OH is 4. The molecule has 0 bridgehead atoms. The average Bonchev–Trinajstić information content (AvgIpc) is 0.858. The summed E-state index contributed by atoms with van der Waals surface area (Å²) in [5, 5.41) is 83.4. The Bertz CT molecular complexity index is 3330. The minimum atomic E-state index is -2.95. The molecule has 0 unspecified atom stereocenters. The highest BCUT2D eigenvalue weighted by Gasteiger charge is 2.41. The summed E-state index contributed by atoms with van der Waals surface area (Å²) < 4.78 is 34.7. The number of alkyl carbamates (subject to hydrolysis) is 3. The van der Waals surface area contributed by atoms with Gasteiger partial charge in [-0.05, 0) is 66.5 Å². The lowest BCUT2D eigenvalue weighted by atomic mass is 10.0. The second-order valence-corrected chi connectivity index (χ2v) is 28.9. The van der Waals surface area contributed by atoms with Gasteiger partial charge >= 0.3 is 48.1 Å². The number of nitrogens with one attached hydrogen (secondary N) is 13. The average molecular weight is 1710 g/mol. The first-order valence-electron chi connectivity index (χ1n) is 38.9. The molecule has 45 heteroatoms. The summed E-state index contributed by atoms with van der Waals surface area (Å²) >= 11 is 5.97. The highest BCUT2D eigenvalue weighted by molar-refractivity contribution is 6.18. The molecule has 1 rings (SSSR count). The SMILES string of the molecule is C/C=C1\NC(=O)[C@H]([C@H](C)O)NC(=O)[C@H](CCNC(=O)OCOC(=O)C(C)C)NC(=O)[C@H](CCCCNC(=O)OCOC(=O)C(C)C)NC(=O)[C@H](CC(=O)NCCN(C)C)NC(=O)[C@@H](CCNC(=O)OCOC(=O)C(C)C)NC(=O)[C@@H](NC(=O)C[C@H](O)CCCCCCCCCCC)COC(=O)[C@H]([C@H](O)CCl)NC(=O)[C@H]([C@H](O)C(=O)O)NC1=O. The van der Waals surface area contributed by atoms with Crippen molar-refractivity contribution in [1.29, 1.82) is 0 Å². The van der Waals surface area contributed by atoms with E-state index >= 15 is 14.4 Å². The van der Waals surface area contributed by atoms with Crippen molar-refractivity contribution in [2.45, 2.75) is 244 Å². The Morgan fingerprint density at radius 1 is 0.508 bits per heavy atom. The van der Waals surface area contributed by atoms with Crippen molar-refractivity contribution in [2.75, 3.05) is 79.7 Å². The van der Waals surface area contributed by atoms with Gasteiger partial charge in [-0.15, -0.1) is 11.6 Å². The number of carbonyl (C=O) groups excluding carboxylic acids is 17. The Balaban J connectivity index is 4.58. The molecule has 0 saturated carbocycles. The van der Waals surface area contributed by atoms with E-state index in [-0.39, 0.29) is 38.9 Å². The summed E-state index contributed by atoms with van der Waals surface area (Å²) in [6.45, 7) is 7.82. The van der Waals surface area contributed by atoms with Crippen molar-refractivity contribution in [3.05, 3.63) is 11.8 Å². The molecule has 1 saturated heterocycles. The molecule has 0 aliphatic carbocycles. The van der Waals surface area contributed by atoms with Gasteiger partial charge in [0, 0.05) is 32.7 Å². The maximum atomic E-state index is 15.1. The molecule has 1 aliphatic heterocycles. The number of hydrogen-bond donors (Lipinski definition) is 18. The summed E-state index contributed by atoms with van der Waals surface area (Å²) in [7, 11) is 3.31. The minimum absolute atomic E-state index is 0.0641. The largest absolute Gasteiger partial charge is 0.479 e. The zero-order valence-electron chi connectivity index (χ0n) is 68.6. The minimum Gasteiger partial charge on any atom is -0.479 e. The van der Waals surface area contributed by atoms with Crippen LogP contribution in [0.2, 0.25) is 0 Å². The number of ether oxygens (including phenoxy) is 7. The van der Waals surface area contributed by atoms with Crippen LogP contribution in [0.1, 0.15) is 171 Å². The van der Waals surface area contributed by atoms with Crippen LogP contribution < -0.4 is 69.1 Å². The van der Waals surface area contributed by atoms with E-state index in [1.54, 1.807) is 19.0 Å². The number of halogens is 1. The lowest BCUT2D eigenvalue weighted by Crippen LogP contribution is -2.62. The number of unbranched alkanes of at least 4 members (excludes halogenated alkanes) is 9. The van der Waals surface area contributed by atoms with Crippen molar-refractivity contribution >= 4 is 119 Å². The van der Waals surface area contributed by atoms with Gasteiger partial charge in [-0.3, -0.25) is 62.3 Å². The number of carboxylic acid groups (broad SMARTS) is 1. The van der Waals surface area contributed by atoms with Gasteiger partial charge in [0.2, 0.25) is 73.5 Å². The lowest BCUT2D eigenvalue weighted by Gasteiger charge is -2.29. The molecular weight excluding hydrogens is 1590 g/mol. The number of rotatable bonds is 43. The fraction of sp³-hybridized carbons (Fsp3) is 0.726. The number of allylic oxidation sites excluding steroid dienone is 1. The van der Waals surface area contributed by atoms with E-state index in [2.05, 4.69) is 65.4 Å². The number of amides is 13. The maximum Gasteiger partial charge on any atom is 0.410 e. The van der Waals surface area contributed by atoms with Gasteiger partial charge < -0.3 is 133 Å². The first-order chi connectivity index (χ1) is 55.7. The zero-order chi connectivity index (χ0) is 89.1. The van der Waals surface area contributed by atoms with Gasteiger partial charge in [0.25, 0.3) is 5.91 Å². The Labute approximate surface area is 688 Å². The standard InChI is InChI=1S/C73H121ClN14O30/c1-12-14-15-16-17-18-19-20-21-24-44(90)33-53(93)79-50-36-112-70(108)55(51(91)35-74)86-65(102)56(57(94)66(103)104)87-58(95)45(13-2)80-64(101)54(43(9)89)85-61(98)48(27-30-78-73(111)118-39-115-69(107)42(7)8)82-59(96)46(25-22-23-28-76-71(109)116-37-113-67(105)40(3)4)81-62(99)49(34-52(92)75-31-32-88(10)11)84-60(97)47(83-63(50)100)26-29-77-72(110)117-38-114-68(106)41(5)6/h13,40-44,46-51,54-57,89-91,94H,12,14-39H2,1-11H3,(H,75,92)(H,76,109)(H,77,110)(H,78,111)(H,79,93)(H,80,101)(H,81,99)(H,82,96)(H,83,100)(H,84,97)(H,85,98)(H,86,102)(H,87,95)(H,103,104)/b45-13-/t43-,44+,46-,47+,48-,49-,50-,51+,54-,55-,56-,57-/m0/s1. The number of aliphatic hydroxyl groups is 4. The smallest absolute Gasteiger partial charge is 0.410 e. The maximum absolute atomic E-state index is 15.1. The number of nitrogens with zero attached hydrogens (tertiary/aromatic N) is 1. The molecule has 18 N–H and O–H groups in total. The number of carboxylic acids is 1. The van der Waals surface area contributed by atoms with Crippen LogP contribution in [0.25, 0.3) is 0 Å². The summed E-state index contributed by atoms with van der Waals surface area (Å²) in [6, 6.07) is -17.7. The third-order valence-corrected chi connectivity index (χ3v) is 17.5. The number of likely N-dealkylation sites (N-methyl/N-ethyl adjacent to an activating group) is 1. The van der Waals surface area contributed by atoms with E-state index in [1.807, 2.05) is 10.6 Å². The lowest BCUT2D eigenvalue weighted by molar-refractivity contribution is -0.156. The van der Waals surface area contributed by atoms with Gasteiger partial charge in [-0.2, -0.15) is 0 Å². The molecule has 118 heavy (non-hydrogen) atoms. The van der Waals surface area contributed by atoms with Gasteiger partial charge in [0.15, 0.2) is 12.1 Å². The molecule has 1 fully saturated rings. The second-order valence-electron chi connectivity index (χ2n) is 28.5. The molecular formula is C73H121ClN14O30. The van der Waals surface area contributed by atoms with Crippen LogP contribution >= 0.6 is 11.6 Å². The molecule has 0 aromatic carbocycles. The molecule has 0 aromatic heterocycles. The Kier molecular flexibility index (Phi) is 52.4. The van der Waals surface area contributed by atoms with Crippen LogP contribution in [-0.4, -0.2) is 290 Å². The van der Waals surface area contributed by atoms with E-state index in [0.29, 0.717) is 12.8 Å². The van der Waals surface area contributed by atoms with E-state index < -0.39 is 281 Å². The molecule has 0 aromatic rings. The van der Waals surface area contributed by atoms with E-state index in [4.69, 9.17) is 44.8 Å². The number of cyclic esters (lactones) is 1. The van der Waals surface area contributed by atoms with Crippen LogP contribution in [0.4, 0.5) is 14.4 Å². The molecule has 0 radical (unpaired) electrons. The Morgan fingerprint density at radius 2 is 0.958 bits per heavy atom. The van der Waals surface area contributed by atoms with Crippen molar-refractivity contribution in [3.63, 3.8) is 0 Å². The second kappa shape index (κ2) is 58.5. The Morgan fingerprint density at radius 3 is 1.42 bits per heavy atom. The first-order valence-corrected chi connectivity index (χ1v) is 39.4. The predicted octanol–water partition coefficient (Wildman–Crippen LogP) is -2.79. The summed E-state index contributed by atoms with van der Waals surface area (Å²) in [6.07, 6.45) is -6.89. The third-order valence-electron chi connectivity index (χ3n) is 17.2. The fourth-order valence-corrected chi connectivity index (χ4v) is 10.5. The van der Waals surface area contributed by atoms with Gasteiger partial charge in [-0.1, -0.05) is 112 Å². The van der Waals surface area contributed by atoms with Crippen LogP contribution in [0.5, 0.6) is 0 Å². The summed E-state index contributed by atoms with van der Waals surface area (Å²) in [5.41, 5.74) is -0.903. The molecule has 1 aliphatic rings. The van der Waals surface area contributed by atoms with E-state index in [1.165, 1.54) is 41.5 Å². The topological polar surface area (TPSA) is 633 Å². The van der Waals surface area contributed by atoms with Gasteiger partial charge in [-0.25, -0.2) is 24.0 Å². The normalized spacial score (nSPS) is 20.5. The fourth-order valence-electron chi connectivity index (χ4n) is 10.3. The van der Waals surface area contributed by atoms with Crippen LogP contribution in [0.3, 0.4) is 0 Å². The van der Waals surface area contributed by atoms with E-state index in [9.17, 15) is 97.5 Å². The number of hydrogen-bond acceptors (Lipinski definition) is 30. The quantitative estimate of drug-likeness (QED) is 0.00733. The number of aliphatic carboxylic acids is 1. The zero-order valence-corrected chi connectivity index (χ0v) is 69.4. The molecule has 44 nitrogen and oxygen atoms in total. The highest BCUT2D eigenvalue weighted by Crippen LogP contribution is 2.15. The number of carbonyl (C=O) groups is 18. The summed E-state index contributed by atoms with van der Waals surface area (Å²) in [4.78, 5) is 248. The monoisotopic (exact) mass is 1710 g/mol. The van der Waals surface area contributed by atoms with Crippen LogP contribution in [0, 0.1) is 17.8 Å². The van der Waals surface area contributed by atoms with Gasteiger partial charge in [0.1, 0.15) is 54.6 Å². The van der Waals surface area contributed by atoms with Gasteiger partial charge in [0.05, 0.1) is 54.8 Å². The van der Waals surface area contributed by atoms with Crippen molar-refractivity contribution in [2.24, 2.45) is 17.8 Å². The molecule has 12 atom stereocenters. The molecule has 670 valence electrons. The first kappa shape index (κ1) is 106. The van der Waals surface area contributed by atoms with Crippen molar-refractivity contribution < 1.29 is 145 Å². The van der Waals surface area contributed by atoms with Crippen molar-refractivity contribution in [3.8, 4) is 0 Å². The molecule has 0 spiro atoms. The third kappa shape index (κ3) is 44.3. The highest BCUT2D eigenvalue weighted by atomic mass is 35.5. The van der Waals surface area contributed by atoms with Crippen LogP contribution in [-0.2, 0) is 105 Å². The number of alkyl halides is 1. The summed E-state index contributed by atoms with van der Waals surface area (Å²) in [5.74, 6) is -22.8. The van der Waals surface area contributed by atoms with Crippen molar-refractivity contribution in [1.82, 2.24) is 74.0 Å². The Hall–Kier alpha value is -10.3. The predicted molar refractivity (Wildman–Crippen MR) is 413 cm³/mol. The molecule has 13 amide bonds.